The molecule has 0 amide bonds. The Labute approximate surface area is 170 Å². The molecule has 0 bridgehead atoms. The van der Waals surface area contributed by atoms with Crippen molar-refractivity contribution in [1.29, 1.82) is 0 Å². The van der Waals surface area contributed by atoms with Gasteiger partial charge in [-0.3, -0.25) is 4.79 Å². The first-order chi connectivity index (χ1) is 10.9. The zero-order valence-electron chi connectivity index (χ0n) is 15.7. The Morgan fingerprint density at radius 1 is 0.875 bits per heavy atom. The number of ether oxygens (including phenoxy) is 1. The number of esters is 1. The van der Waals surface area contributed by atoms with Gasteiger partial charge in [-0.1, -0.05) is 84.0 Å². The third kappa shape index (κ3) is 14.7. The van der Waals surface area contributed by atoms with Crippen molar-refractivity contribution in [2.75, 3.05) is 7.11 Å². The first-order valence-electron chi connectivity index (χ1n) is 8.96. The van der Waals surface area contributed by atoms with Crippen LogP contribution in [0.3, 0.4) is 0 Å². The van der Waals surface area contributed by atoms with Crippen molar-refractivity contribution in [3.63, 3.8) is 0 Å². The first kappa shape index (κ1) is 26.6. The molecule has 0 rings (SSSR count). The first-order valence-corrected chi connectivity index (χ1v) is 10.4. The van der Waals surface area contributed by atoms with E-state index in [1.807, 2.05) is 0 Å². The van der Waals surface area contributed by atoms with Gasteiger partial charge in [-0.05, 0) is 6.42 Å². The van der Waals surface area contributed by atoms with Crippen LogP contribution in [0, 0.1) is 0 Å². The molecule has 24 heavy (non-hydrogen) atoms. The minimum Gasteiger partial charge on any atom is -0.747 e. The van der Waals surface area contributed by atoms with Gasteiger partial charge in [-0.25, -0.2) is 8.42 Å². The Hall–Kier alpha value is 0.380. The molecule has 0 aliphatic rings. The van der Waals surface area contributed by atoms with Crippen molar-refractivity contribution >= 4 is 16.1 Å². The van der Waals surface area contributed by atoms with Gasteiger partial charge in [0.1, 0.15) is 15.4 Å². The van der Waals surface area contributed by atoms with Crippen LogP contribution >= 0.6 is 0 Å². The second-order valence-electron chi connectivity index (χ2n) is 6.18. The van der Waals surface area contributed by atoms with Crippen LogP contribution in [0.2, 0.25) is 0 Å². The molecule has 0 radical (unpaired) electrons. The van der Waals surface area contributed by atoms with Crippen LogP contribution in [0.4, 0.5) is 0 Å². The molecule has 0 aromatic heterocycles. The molecule has 1 atom stereocenters. The van der Waals surface area contributed by atoms with Crippen molar-refractivity contribution < 1.29 is 52.1 Å². The maximum atomic E-state index is 11.3. The Kier molecular flexibility index (Phi) is 18.7. The molecule has 0 aromatic carbocycles. The fourth-order valence-corrected chi connectivity index (χ4v) is 3.47. The third-order valence-corrected chi connectivity index (χ3v) is 5.26. The molecule has 138 valence electrons. The Morgan fingerprint density at radius 3 is 1.58 bits per heavy atom. The van der Waals surface area contributed by atoms with Gasteiger partial charge >= 0.3 is 35.5 Å². The standard InChI is InChI=1S/C17H34O5S.Na/c1-3-4-5-6-7-8-9-10-11-12-13-14-15-16(17(18)22-2)23(19,20)21;/h16H,3-15H2,1-2H3,(H,19,20,21);/q;+1/p-1. The molecule has 0 saturated heterocycles. The summed E-state index contributed by atoms with van der Waals surface area (Å²) < 4.78 is 37.4. The van der Waals surface area contributed by atoms with E-state index in [-0.39, 0.29) is 36.0 Å². The monoisotopic (exact) mass is 372 g/mol. The summed E-state index contributed by atoms with van der Waals surface area (Å²) in [6, 6.07) is 0. The molecule has 7 heteroatoms. The summed E-state index contributed by atoms with van der Waals surface area (Å²) in [6.45, 7) is 2.22. The number of unbranched alkanes of at least 4 members (excludes halogenated alkanes) is 11. The molecule has 0 aliphatic heterocycles. The molecule has 0 saturated carbocycles. The SMILES string of the molecule is CCCCCCCCCCCCCCC(C(=O)OC)S(=O)(=O)[O-].[Na+]. The molecule has 1 unspecified atom stereocenters. The summed E-state index contributed by atoms with van der Waals surface area (Å²) >= 11 is 0. The largest absolute Gasteiger partial charge is 1.00 e. The van der Waals surface area contributed by atoms with Crippen LogP contribution in [-0.4, -0.2) is 31.3 Å². The smallest absolute Gasteiger partial charge is 0.747 e. The summed E-state index contributed by atoms with van der Waals surface area (Å²) in [5.74, 6) is -0.942. The molecule has 0 aromatic rings. The number of methoxy groups -OCH3 is 1. The second-order valence-corrected chi connectivity index (χ2v) is 7.74. The van der Waals surface area contributed by atoms with Crippen molar-refractivity contribution in [1.82, 2.24) is 0 Å². The predicted octanol–water partition coefficient (Wildman–Crippen LogP) is 1.17. The van der Waals surface area contributed by atoms with E-state index in [4.69, 9.17) is 0 Å². The molecule has 0 fully saturated rings. The van der Waals surface area contributed by atoms with E-state index in [0.29, 0.717) is 6.42 Å². The summed E-state index contributed by atoms with van der Waals surface area (Å²) in [5.41, 5.74) is 0. The Morgan fingerprint density at radius 2 is 1.25 bits per heavy atom. The van der Waals surface area contributed by atoms with Gasteiger partial charge in [0.2, 0.25) is 0 Å². The topological polar surface area (TPSA) is 83.5 Å². The zero-order valence-corrected chi connectivity index (χ0v) is 18.5. The van der Waals surface area contributed by atoms with Crippen molar-refractivity contribution in [2.24, 2.45) is 0 Å². The predicted molar refractivity (Wildman–Crippen MR) is 91.2 cm³/mol. The van der Waals surface area contributed by atoms with Gasteiger partial charge in [0.25, 0.3) is 0 Å². The van der Waals surface area contributed by atoms with Crippen molar-refractivity contribution in [3.05, 3.63) is 0 Å². The van der Waals surface area contributed by atoms with Gasteiger partial charge in [0.15, 0.2) is 0 Å². The van der Waals surface area contributed by atoms with E-state index >= 15 is 0 Å². The Balaban J connectivity index is 0. The molecular weight excluding hydrogens is 339 g/mol. The minimum atomic E-state index is -4.62. The van der Waals surface area contributed by atoms with Gasteiger partial charge in [-0.15, -0.1) is 0 Å². The van der Waals surface area contributed by atoms with Crippen LogP contribution in [0.1, 0.15) is 90.4 Å². The molecule has 5 nitrogen and oxygen atoms in total. The molecule has 0 aliphatic carbocycles. The third-order valence-electron chi connectivity index (χ3n) is 4.13. The zero-order chi connectivity index (χ0) is 17.6. The molecular formula is C17H33NaO5S. The van der Waals surface area contributed by atoms with Gasteiger partial charge < -0.3 is 9.29 Å². The molecule has 0 heterocycles. The molecule has 0 spiro atoms. The van der Waals surface area contributed by atoms with Crippen molar-refractivity contribution in [2.45, 2.75) is 95.6 Å². The number of hydrogen-bond donors (Lipinski definition) is 0. The number of carbonyl (C=O) groups is 1. The van der Waals surface area contributed by atoms with E-state index in [0.717, 1.165) is 26.4 Å². The number of carbonyl (C=O) groups excluding carboxylic acids is 1. The molecule has 0 N–H and O–H groups in total. The van der Waals surface area contributed by atoms with Crippen molar-refractivity contribution in [3.8, 4) is 0 Å². The fraction of sp³-hybridized carbons (Fsp3) is 0.941. The van der Waals surface area contributed by atoms with E-state index in [1.54, 1.807) is 0 Å². The summed E-state index contributed by atoms with van der Waals surface area (Å²) in [5, 5.41) is -1.55. The second kappa shape index (κ2) is 16.8. The summed E-state index contributed by atoms with van der Waals surface area (Å²) in [7, 11) is -3.52. The maximum Gasteiger partial charge on any atom is 1.00 e. The average Bonchev–Trinajstić information content (AvgIpc) is 2.50. The Bertz CT molecular complexity index is 398. The van der Waals surface area contributed by atoms with E-state index in [1.165, 1.54) is 51.4 Å². The number of rotatable bonds is 15. The van der Waals surface area contributed by atoms with Gasteiger partial charge in [-0.2, -0.15) is 0 Å². The van der Waals surface area contributed by atoms with Crippen LogP contribution < -0.4 is 29.6 Å². The summed E-state index contributed by atoms with van der Waals surface area (Å²) in [4.78, 5) is 11.3. The van der Waals surface area contributed by atoms with E-state index in [9.17, 15) is 17.8 Å². The summed E-state index contributed by atoms with van der Waals surface area (Å²) in [6.07, 6.45) is 14.0. The number of hydrogen-bond acceptors (Lipinski definition) is 5. The van der Waals surface area contributed by atoms with Crippen LogP contribution in [0.25, 0.3) is 0 Å². The van der Waals surface area contributed by atoms with E-state index in [2.05, 4.69) is 11.7 Å². The average molecular weight is 373 g/mol. The van der Waals surface area contributed by atoms with Gasteiger partial charge in [0.05, 0.1) is 7.11 Å². The van der Waals surface area contributed by atoms with Crippen LogP contribution in [0.15, 0.2) is 0 Å². The van der Waals surface area contributed by atoms with Gasteiger partial charge in [0, 0.05) is 0 Å². The fourth-order valence-electron chi connectivity index (χ4n) is 2.68. The van der Waals surface area contributed by atoms with Crippen LogP contribution in [0.5, 0.6) is 0 Å². The quantitative estimate of drug-likeness (QED) is 0.186. The maximum absolute atomic E-state index is 11.3. The van der Waals surface area contributed by atoms with E-state index < -0.39 is 21.3 Å². The normalized spacial score (nSPS) is 12.5. The minimum absolute atomic E-state index is 0. The van der Waals surface area contributed by atoms with Crippen LogP contribution in [-0.2, 0) is 19.6 Å².